The second kappa shape index (κ2) is 5.52. The van der Waals surface area contributed by atoms with E-state index in [1.54, 1.807) is 0 Å². The average molecular weight is 248 g/mol. The lowest BCUT2D eigenvalue weighted by molar-refractivity contribution is -0.00442. The molecule has 1 atom stereocenters. The highest BCUT2D eigenvalue weighted by atomic mass is 19.3. The maximum atomic E-state index is 13.9. The first-order valence-electron chi connectivity index (χ1n) is 6.51. The number of aryl methyl sites for hydroxylation is 1. The molecule has 0 fully saturated rings. The predicted octanol–water partition coefficient (Wildman–Crippen LogP) is 4.37. The van der Waals surface area contributed by atoms with Crippen LogP contribution in [-0.4, -0.2) is 5.92 Å². The highest BCUT2D eigenvalue weighted by Gasteiger charge is 2.37. The van der Waals surface area contributed by atoms with E-state index in [1.165, 1.54) is 0 Å². The van der Waals surface area contributed by atoms with Gasteiger partial charge in [-0.1, -0.05) is 42.2 Å². The van der Waals surface area contributed by atoms with Crippen LogP contribution >= 0.6 is 0 Å². The van der Waals surface area contributed by atoms with Crippen LogP contribution in [0.1, 0.15) is 36.8 Å². The minimum absolute atomic E-state index is 0.419. The van der Waals surface area contributed by atoms with Crippen LogP contribution in [0.25, 0.3) is 0 Å². The Kier molecular flexibility index (Phi) is 4.01. The molecule has 96 valence electrons. The molecule has 0 radical (unpaired) electrons. The molecule has 0 N–H and O–H groups in total. The SMILES string of the molecule is Cc1ccc(CC2CCCCC#CC2(F)F)cc1. The topological polar surface area (TPSA) is 0 Å². The fourth-order valence-corrected chi connectivity index (χ4v) is 2.31. The zero-order valence-electron chi connectivity index (χ0n) is 10.7. The Morgan fingerprint density at radius 3 is 2.67 bits per heavy atom. The molecule has 1 unspecified atom stereocenters. The van der Waals surface area contributed by atoms with Gasteiger partial charge in [-0.3, -0.25) is 0 Å². The molecule has 0 aliphatic heterocycles. The summed E-state index contributed by atoms with van der Waals surface area (Å²) in [6, 6.07) is 7.83. The van der Waals surface area contributed by atoms with Crippen molar-refractivity contribution in [3.05, 3.63) is 35.4 Å². The number of rotatable bonds is 2. The predicted molar refractivity (Wildman–Crippen MR) is 69.6 cm³/mol. The highest BCUT2D eigenvalue weighted by molar-refractivity contribution is 5.23. The van der Waals surface area contributed by atoms with Gasteiger partial charge in [0, 0.05) is 12.3 Å². The summed E-state index contributed by atoms with van der Waals surface area (Å²) in [7, 11) is 0. The Labute approximate surface area is 107 Å². The lowest BCUT2D eigenvalue weighted by Crippen LogP contribution is -2.29. The van der Waals surface area contributed by atoms with E-state index in [0.29, 0.717) is 19.3 Å². The van der Waals surface area contributed by atoms with E-state index in [4.69, 9.17) is 0 Å². The summed E-state index contributed by atoms with van der Waals surface area (Å²) in [4.78, 5) is 0. The van der Waals surface area contributed by atoms with Crippen LogP contribution in [0, 0.1) is 24.7 Å². The fourth-order valence-electron chi connectivity index (χ4n) is 2.31. The molecule has 1 aliphatic carbocycles. The van der Waals surface area contributed by atoms with E-state index in [1.807, 2.05) is 31.2 Å². The van der Waals surface area contributed by atoms with Crippen molar-refractivity contribution >= 4 is 0 Å². The summed E-state index contributed by atoms with van der Waals surface area (Å²) in [6.07, 6.45) is 3.37. The first-order valence-corrected chi connectivity index (χ1v) is 6.51. The summed E-state index contributed by atoms with van der Waals surface area (Å²) in [5.41, 5.74) is 2.13. The molecule has 0 amide bonds. The second-order valence-corrected chi connectivity index (χ2v) is 5.06. The van der Waals surface area contributed by atoms with Crippen molar-refractivity contribution in [3.8, 4) is 11.8 Å². The minimum atomic E-state index is -2.84. The van der Waals surface area contributed by atoms with Crippen molar-refractivity contribution in [3.63, 3.8) is 0 Å². The fraction of sp³-hybridized carbons (Fsp3) is 0.500. The molecular formula is C16H18F2. The minimum Gasteiger partial charge on any atom is -0.192 e. The van der Waals surface area contributed by atoms with Gasteiger partial charge in [0.15, 0.2) is 0 Å². The molecule has 0 spiro atoms. The van der Waals surface area contributed by atoms with Crippen molar-refractivity contribution in [2.24, 2.45) is 5.92 Å². The molecule has 0 saturated heterocycles. The lowest BCUT2D eigenvalue weighted by atomic mass is 9.87. The van der Waals surface area contributed by atoms with Gasteiger partial charge in [-0.05, 0) is 37.7 Å². The number of hydrogen-bond donors (Lipinski definition) is 0. The van der Waals surface area contributed by atoms with Gasteiger partial charge in [-0.2, -0.15) is 8.78 Å². The molecule has 1 aliphatic rings. The van der Waals surface area contributed by atoms with Crippen molar-refractivity contribution in [1.82, 2.24) is 0 Å². The Hall–Kier alpha value is -1.36. The number of halogens is 2. The molecule has 1 aromatic rings. The Morgan fingerprint density at radius 2 is 1.94 bits per heavy atom. The van der Waals surface area contributed by atoms with E-state index < -0.39 is 11.8 Å². The summed E-state index contributed by atoms with van der Waals surface area (Å²) >= 11 is 0. The van der Waals surface area contributed by atoms with E-state index in [-0.39, 0.29) is 0 Å². The third-order valence-corrected chi connectivity index (χ3v) is 3.47. The molecule has 1 aromatic carbocycles. The summed E-state index contributed by atoms with van der Waals surface area (Å²) in [6.45, 7) is 2.00. The van der Waals surface area contributed by atoms with E-state index in [2.05, 4.69) is 11.8 Å². The lowest BCUT2D eigenvalue weighted by Gasteiger charge is -2.24. The number of alkyl halides is 2. The van der Waals surface area contributed by atoms with Crippen LogP contribution in [-0.2, 0) is 6.42 Å². The van der Waals surface area contributed by atoms with Crippen molar-refractivity contribution in [2.45, 2.75) is 45.0 Å². The van der Waals surface area contributed by atoms with Gasteiger partial charge >= 0.3 is 5.92 Å². The molecular weight excluding hydrogens is 230 g/mol. The molecule has 0 heterocycles. The number of benzene rings is 1. The Morgan fingerprint density at radius 1 is 1.22 bits per heavy atom. The zero-order valence-corrected chi connectivity index (χ0v) is 10.7. The normalized spacial score (nSPS) is 22.5. The highest BCUT2D eigenvalue weighted by Crippen LogP contribution is 2.32. The monoisotopic (exact) mass is 248 g/mol. The van der Waals surface area contributed by atoms with Crippen LogP contribution in [0.5, 0.6) is 0 Å². The molecule has 18 heavy (non-hydrogen) atoms. The van der Waals surface area contributed by atoms with Crippen LogP contribution in [0.3, 0.4) is 0 Å². The summed E-state index contributed by atoms with van der Waals surface area (Å²) in [5, 5.41) is 0. The van der Waals surface area contributed by atoms with Crippen molar-refractivity contribution in [1.29, 1.82) is 0 Å². The van der Waals surface area contributed by atoms with Gasteiger partial charge in [0.25, 0.3) is 0 Å². The van der Waals surface area contributed by atoms with Crippen molar-refractivity contribution < 1.29 is 8.78 Å². The van der Waals surface area contributed by atoms with Crippen LogP contribution in [0.15, 0.2) is 24.3 Å². The van der Waals surface area contributed by atoms with Gasteiger partial charge in [0.1, 0.15) is 0 Å². The van der Waals surface area contributed by atoms with Crippen LogP contribution in [0.4, 0.5) is 8.78 Å². The van der Waals surface area contributed by atoms with Crippen LogP contribution in [0.2, 0.25) is 0 Å². The quantitative estimate of drug-likeness (QED) is 0.682. The maximum Gasteiger partial charge on any atom is 0.311 e. The standard InChI is InChI=1S/C16H18F2/c1-13-7-9-14(10-8-13)12-15-6-4-2-3-5-11-16(15,17)18/h7-10,15H,2-4,6,12H2,1H3. The smallest absolute Gasteiger partial charge is 0.192 e. The van der Waals surface area contributed by atoms with Gasteiger partial charge in [0.2, 0.25) is 0 Å². The van der Waals surface area contributed by atoms with Gasteiger partial charge in [0.05, 0.1) is 0 Å². The van der Waals surface area contributed by atoms with Crippen LogP contribution < -0.4 is 0 Å². The van der Waals surface area contributed by atoms with Gasteiger partial charge < -0.3 is 0 Å². The second-order valence-electron chi connectivity index (χ2n) is 5.06. The molecule has 2 rings (SSSR count). The van der Waals surface area contributed by atoms with E-state index >= 15 is 0 Å². The first-order chi connectivity index (χ1) is 8.58. The first kappa shape index (κ1) is 13.1. The molecule has 0 aromatic heterocycles. The zero-order chi connectivity index (χ0) is 13.0. The number of hydrogen-bond acceptors (Lipinski definition) is 0. The molecule has 0 bridgehead atoms. The summed E-state index contributed by atoms with van der Waals surface area (Å²) in [5.74, 6) is 1.27. The molecule has 2 heteroatoms. The van der Waals surface area contributed by atoms with E-state index in [0.717, 1.165) is 24.0 Å². The van der Waals surface area contributed by atoms with E-state index in [9.17, 15) is 8.78 Å². The third-order valence-electron chi connectivity index (χ3n) is 3.47. The van der Waals surface area contributed by atoms with Gasteiger partial charge in [-0.25, -0.2) is 0 Å². The molecule has 0 saturated carbocycles. The summed E-state index contributed by atoms with van der Waals surface area (Å²) < 4.78 is 27.8. The van der Waals surface area contributed by atoms with Gasteiger partial charge in [-0.15, -0.1) is 0 Å². The largest absolute Gasteiger partial charge is 0.311 e. The molecule has 0 nitrogen and oxygen atoms in total. The Bertz CT molecular complexity index is 448. The third kappa shape index (κ3) is 3.32. The maximum absolute atomic E-state index is 13.9. The van der Waals surface area contributed by atoms with Crippen molar-refractivity contribution in [2.75, 3.05) is 0 Å². The average Bonchev–Trinajstić information content (AvgIpc) is 2.32. The Balaban J connectivity index is 2.14.